The van der Waals surface area contributed by atoms with Gasteiger partial charge in [0.25, 0.3) is 5.69 Å². The number of rotatable bonds is 4. The molecule has 17 heavy (non-hydrogen) atoms. The molecule has 0 atom stereocenters. The summed E-state index contributed by atoms with van der Waals surface area (Å²) in [5.41, 5.74) is 6.26. The Labute approximate surface area is 96.9 Å². The maximum Gasteiger partial charge on any atom is 0.270 e. The zero-order valence-corrected chi connectivity index (χ0v) is 9.29. The zero-order chi connectivity index (χ0) is 12.4. The molecule has 0 spiro atoms. The number of non-ortho nitro benzene ring substituents is 1. The third kappa shape index (κ3) is 1.92. The Kier molecular flexibility index (Phi) is 2.92. The topological polar surface area (TPSA) is 96.2 Å². The number of hydrogen-bond acceptors (Lipinski definition) is 5. The second kappa shape index (κ2) is 4.38. The molecule has 2 N–H and O–H groups in total. The number of ether oxygens (including phenoxy) is 1. The molecule has 0 saturated carbocycles. The van der Waals surface area contributed by atoms with Crippen LogP contribution in [-0.2, 0) is 6.54 Å². The van der Waals surface area contributed by atoms with Crippen molar-refractivity contribution in [3.05, 3.63) is 28.3 Å². The second-order valence-corrected chi connectivity index (χ2v) is 3.48. The molecule has 0 aliphatic carbocycles. The van der Waals surface area contributed by atoms with Crippen molar-refractivity contribution < 1.29 is 9.66 Å². The first kappa shape index (κ1) is 11.3. The van der Waals surface area contributed by atoms with Gasteiger partial charge in [0.1, 0.15) is 0 Å². The summed E-state index contributed by atoms with van der Waals surface area (Å²) in [7, 11) is 1.48. The minimum Gasteiger partial charge on any atom is -0.479 e. The molecule has 2 rings (SSSR count). The summed E-state index contributed by atoms with van der Waals surface area (Å²) < 4.78 is 6.77. The van der Waals surface area contributed by atoms with Gasteiger partial charge in [-0.1, -0.05) is 0 Å². The van der Waals surface area contributed by atoms with Crippen LogP contribution in [0.25, 0.3) is 10.9 Å². The van der Waals surface area contributed by atoms with Crippen LogP contribution < -0.4 is 10.5 Å². The van der Waals surface area contributed by atoms with Gasteiger partial charge in [-0.3, -0.25) is 14.8 Å². The number of methoxy groups -OCH3 is 1. The summed E-state index contributed by atoms with van der Waals surface area (Å²) in [6.45, 7) is 0.981. The maximum atomic E-state index is 10.7. The minimum absolute atomic E-state index is 0.0168. The Morgan fingerprint density at radius 3 is 2.94 bits per heavy atom. The van der Waals surface area contributed by atoms with E-state index in [9.17, 15) is 10.1 Å². The van der Waals surface area contributed by atoms with Crippen LogP contribution in [0.4, 0.5) is 5.69 Å². The lowest BCUT2D eigenvalue weighted by atomic mass is 10.2. The predicted molar refractivity (Wildman–Crippen MR) is 62.0 cm³/mol. The van der Waals surface area contributed by atoms with Gasteiger partial charge in [-0.05, 0) is 6.07 Å². The second-order valence-electron chi connectivity index (χ2n) is 3.48. The first-order valence-corrected chi connectivity index (χ1v) is 5.06. The average molecular weight is 236 g/mol. The highest BCUT2D eigenvalue weighted by Crippen LogP contribution is 2.28. The largest absolute Gasteiger partial charge is 0.479 e. The third-order valence-electron chi connectivity index (χ3n) is 2.45. The van der Waals surface area contributed by atoms with Crippen LogP contribution in [-0.4, -0.2) is 28.4 Å². The number of nitro groups is 1. The summed E-state index contributed by atoms with van der Waals surface area (Å²) >= 11 is 0. The summed E-state index contributed by atoms with van der Waals surface area (Å²) in [6.07, 6.45) is 0. The SMILES string of the molecule is COc1nn(CCN)c2ccc([N+](=O)[O-])cc12. The van der Waals surface area contributed by atoms with Crippen LogP contribution in [0.2, 0.25) is 0 Å². The van der Waals surface area contributed by atoms with Crippen molar-refractivity contribution in [1.82, 2.24) is 9.78 Å². The molecular weight excluding hydrogens is 224 g/mol. The minimum atomic E-state index is -0.445. The molecule has 0 unspecified atom stereocenters. The van der Waals surface area contributed by atoms with E-state index in [1.165, 1.54) is 19.2 Å². The van der Waals surface area contributed by atoms with Gasteiger partial charge in [0.15, 0.2) is 0 Å². The highest BCUT2D eigenvalue weighted by Gasteiger charge is 2.14. The van der Waals surface area contributed by atoms with Crippen molar-refractivity contribution in [2.45, 2.75) is 6.54 Å². The lowest BCUT2D eigenvalue weighted by Gasteiger charge is -1.99. The van der Waals surface area contributed by atoms with Crippen LogP contribution >= 0.6 is 0 Å². The summed E-state index contributed by atoms with van der Waals surface area (Å²) in [5, 5.41) is 15.5. The van der Waals surface area contributed by atoms with Gasteiger partial charge in [0, 0.05) is 18.7 Å². The molecule has 0 aliphatic heterocycles. The predicted octanol–water partition coefficient (Wildman–Crippen LogP) is 0.912. The van der Waals surface area contributed by atoms with Gasteiger partial charge in [-0.25, -0.2) is 0 Å². The number of fused-ring (bicyclic) bond motifs is 1. The van der Waals surface area contributed by atoms with E-state index in [4.69, 9.17) is 10.5 Å². The van der Waals surface area contributed by atoms with Gasteiger partial charge in [-0.15, -0.1) is 5.10 Å². The van der Waals surface area contributed by atoms with E-state index in [0.717, 1.165) is 5.52 Å². The van der Waals surface area contributed by atoms with Gasteiger partial charge in [0.2, 0.25) is 5.88 Å². The lowest BCUT2D eigenvalue weighted by molar-refractivity contribution is -0.384. The number of nitrogens with two attached hydrogens (primary N) is 1. The maximum absolute atomic E-state index is 10.7. The highest BCUT2D eigenvalue weighted by molar-refractivity contribution is 5.86. The van der Waals surface area contributed by atoms with E-state index in [2.05, 4.69) is 5.10 Å². The Balaban J connectivity index is 2.63. The molecule has 0 fully saturated rings. The van der Waals surface area contributed by atoms with E-state index < -0.39 is 4.92 Å². The Morgan fingerprint density at radius 1 is 1.59 bits per heavy atom. The first-order valence-electron chi connectivity index (χ1n) is 5.06. The number of nitro benzene ring substituents is 1. The fourth-order valence-electron chi connectivity index (χ4n) is 1.69. The number of benzene rings is 1. The molecule has 0 saturated heterocycles. The Hall–Kier alpha value is -2.15. The molecule has 0 amide bonds. The Morgan fingerprint density at radius 2 is 2.35 bits per heavy atom. The number of nitrogens with zero attached hydrogens (tertiary/aromatic N) is 3. The van der Waals surface area contributed by atoms with E-state index in [1.54, 1.807) is 10.7 Å². The molecule has 2 aromatic rings. The van der Waals surface area contributed by atoms with E-state index in [1.807, 2.05) is 0 Å². The molecule has 1 heterocycles. The van der Waals surface area contributed by atoms with Crippen molar-refractivity contribution in [2.75, 3.05) is 13.7 Å². The molecule has 90 valence electrons. The van der Waals surface area contributed by atoms with Crippen molar-refractivity contribution >= 4 is 16.6 Å². The van der Waals surface area contributed by atoms with Crippen LogP contribution in [0.15, 0.2) is 18.2 Å². The molecule has 7 nitrogen and oxygen atoms in total. The molecule has 7 heteroatoms. The van der Waals surface area contributed by atoms with Gasteiger partial charge in [-0.2, -0.15) is 0 Å². The molecule has 0 bridgehead atoms. The van der Waals surface area contributed by atoms with Crippen molar-refractivity contribution in [1.29, 1.82) is 0 Å². The van der Waals surface area contributed by atoms with Gasteiger partial charge < -0.3 is 10.5 Å². The normalized spacial score (nSPS) is 10.7. The summed E-state index contributed by atoms with van der Waals surface area (Å²) in [4.78, 5) is 10.2. The molecule has 1 aromatic heterocycles. The third-order valence-corrected chi connectivity index (χ3v) is 2.45. The fraction of sp³-hybridized carbons (Fsp3) is 0.300. The Bertz CT molecular complexity index is 564. The van der Waals surface area contributed by atoms with Gasteiger partial charge in [0.05, 0.1) is 29.5 Å². The van der Waals surface area contributed by atoms with Gasteiger partial charge >= 0.3 is 0 Å². The van der Waals surface area contributed by atoms with Crippen LogP contribution in [0.5, 0.6) is 5.88 Å². The molecular formula is C10H12N4O3. The summed E-state index contributed by atoms with van der Waals surface area (Å²) in [5.74, 6) is 0.372. The summed E-state index contributed by atoms with van der Waals surface area (Å²) in [6, 6.07) is 4.54. The van der Waals surface area contributed by atoms with E-state index in [-0.39, 0.29) is 5.69 Å². The van der Waals surface area contributed by atoms with Crippen LogP contribution in [0, 0.1) is 10.1 Å². The molecule has 0 radical (unpaired) electrons. The molecule has 1 aromatic carbocycles. The highest BCUT2D eigenvalue weighted by atomic mass is 16.6. The fourth-order valence-corrected chi connectivity index (χ4v) is 1.69. The van der Waals surface area contributed by atoms with Crippen molar-refractivity contribution in [3.63, 3.8) is 0 Å². The van der Waals surface area contributed by atoms with Crippen molar-refractivity contribution in [2.24, 2.45) is 5.73 Å². The average Bonchev–Trinajstić information content (AvgIpc) is 2.67. The van der Waals surface area contributed by atoms with Crippen LogP contribution in [0.3, 0.4) is 0 Å². The standard InChI is InChI=1S/C10H12N4O3/c1-17-10-8-6-7(14(15)16)2-3-9(8)13(12-10)5-4-11/h2-3,6H,4-5,11H2,1H3. The lowest BCUT2D eigenvalue weighted by Crippen LogP contribution is -2.10. The van der Waals surface area contributed by atoms with E-state index >= 15 is 0 Å². The van der Waals surface area contributed by atoms with Crippen LogP contribution in [0.1, 0.15) is 0 Å². The number of aromatic nitrogens is 2. The number of hydrogen-bond donors (Lipinski definition) is 1. The smallest absolute Gasteiger partial charge is 0.270 e. The van der Waals surface area contributed by atoms with Crippen molar-refractivity contribution in [3.8, 4) is 5.88 Å². The quantitative estimate of drug-likeness (QED) is 0.628. The first-order chi connectivity index (χ1) is 8.17. The van der Waals surface area contributed by atoms with E-state index in [0.29, 0.717) is 24.4 Å². The monoisotopic (exact) mass is 236 g/mol. The molecule has 0 aliphatic rings. The zero-order valence-electron chi connectivity index (χ0n) is 9.29.